The number of hydrogen-bond acceptors (Lipinski definition) is 5. The summed E-state index contributed by atoms with van der Waals surface area (Å²) in [5, 5.41) is 3.42. The van der Waals surface area contributed by atoms with E-state index >= 15 is 0 Å². The van der Waals surface area contributed by atoms with Crippen LogP contribution in [-0.4, -0.2) is 57.7 Å². The SMILES string of the molecule is CCCCNC(=O)C1CN(C(=O)c2ccccc2Cl)CC1c1cc(OC)c(OC)c(OC)c1. The molecule has 0 spiro atoms. The molecule has 7 nitrogen and oxygen atoms in total. The zero-order valence-electron chi connectivity index (χ0n) is 19.5. The maximum atomic E-state index is 13.3. The Morgan fingerprint density at radius 2 is 1.73 bits per heavy atom. The number of benzene rings is 2. The summed E-state index contributed by atoms with van der Waals surface area (Å²) in [7, 11) is 4.65. The summed E-state index contributed by atoms with van der Waals surface area (Å²) in [6.45, 7) is 3.34. The van der Waals surface area contributed by atoms with Crippen molar-refractivity contribution in [1.82, 2.24) is 10.2 Å². The van der Waals surface area contributed by atoms with Crippen LogP contribution in [-0.2, 0) is 4.79 Å². The number of methoxy groups -OCH3 is 3. The predicted molar refractivity (Wildman–Crippen MR) is 128 cm³/mol. The Morgan fingerprint density at radius 1 is 1.06 bits per heavy atom. The molecule has 8 heteroatoms. The van der Waals surface area contributed by atoms with Crippen LogP contribution in [0.3, 0.4) is 0 Å². The molecular weight excluding hydrogens is 444 g/mol. The van der Waals surface area contributed by atoms with Gasteiger partial charge in [0.1, 0.15) is 0 Å². The number of carbonyl (C=O) groups is 2. The molecule has 0 saturated carbocycles. The lowest BCUT2D eigenvalue weighted by molar-refractivity contribution is -0.124. The van der Waals surface area contributed by atoms with Gasteiger partial charge in [-0.1, -0.05) is 37.1 Å². The van der Waals surface area contributed by atoms with E-state index in [2.05, 4.69) is 12.2 Å². The molecule has 2 atom stereocenters. The molecule has 2 aromatic rings. The van der Waals surface area contributed by atoms with E-state index in [0.717, 1.165) is 18.4 Å². The second-order valence-corrected chi connectivity index (χ2v) is 8.41. The van der Waals surface area contributed by atoms with Gasteiger partial charge in [0.15, 0.2) is 11.5 Å². The van der Waals surface area contributed by atoms with E-state index in [-0.39, 0.29) is 17.7 Å². The van der Waals surface area contributed by atoms with Crippen LogP contribution >= 0.6 is 11.6 Å². The molecule has 1 heterocycles. The normalized spacial score (nSPS) is 17.5. The number of unbranched alkanes of at least 4 members (excludes halogenated alkanes) is 1. The maximum Gasteiger partial charge on any atom is 0.255 e. The van der Waals surface area contributed by atoms with Crippen LogP contribution in [0.1, 0.15) is 41.6 Å². The van der Waals surface area contributed by atoms with Crippen molar-refractivity contribution in [3.63, 3.8) is 0 Å². The minimum absolute atomic E-state index is 0.0725. The van der Waals surface area contributed by atoms with E-state index < -0.39 is 5.92 Å². The number of nitrogens with zero attached hydrogens (tertiary/aromatic N) is 1. The second-order valence-electron chi connectivity index (χ2n) is 8.01. The molecule has 2 unspecified atom stereocenters. The van der Waals surface area contributed by atoms with Gasteiger partial charge in [0, 0.05) is 25.6 Å². The summed E-state index contributed by atoms with van der Waals surface area (Å²) in [4.78, 5) is 28.1. The third-order valence-electron chi connectivity index (χ3n) is 5.99. The molecule has 3 rings (SSSR count). The number of ether oxygens (including phenoxy) is 3. The molecule has 0 aromatic heterocycles. The Hall–Kier alpha value is -2.93. The van der Waals surface area contributed by atoms with E-state index in [9.17, 15) is 9.59 Å². The predicted octanol–water partition coefficient (Wildman–Crippen LogP) is 4.14. The van der Waals surface area contributed by atoms with Crippen LogP contribution in [0.4, 0.5) is 0 Å². The van der Waals surface area contributed by atoms with Gasteiger partial charge in [0.05, 0.1) is 37.8 Å². The van der Waals surface area contributed by atoms with Crippen molar-refractivity contribution in [3.05, 3.63) is 52.5 Å². The van der Waals surface area contributed by atoms with Gasteiger partial charge in [-0.25, -0.2) is 0 Å². The van der Waals surface area contributed by atoms with Crippen molar-refractivity contribution in [2.24, 2.45) is 5.92 Å². The molecule has 0 aliphatic carbocycles. The molecular formula is C25H31ClN2O5. The first-order valence-corrected chi connectivity index (χ1v) is 11.4. The third kappa shape index (κ3) is 5.36. The fourth-order valence-electron chi connectivity index (χ4n) is 4.21. The minimum atomic E-state index is -0.420. The van der Waals surface area contributed by atoms with Crippen molar-refractivity contribution in [1.29, 1.82) is 0 Å². The lowest BCUT2D eigenvalue weighted by Crippen LogP contribution is -2.36. The lowest BCUT2D eigenvalue weighted by Gasteiger charge is -2.21. The van der Waals surface area contributed by atoms with Gasteiger partial charge < -0.3 is 24.4 Å². The second kappa shape index (κ2) is 11.3. The standard InChI is InChI=1S/C25H31ClN2O5/c1-5-6-11-27-24(29)19-15-28(25(30)17-9-7-8-10-20(17)26)14-18(19)16-12-21(31-2)23(33-4)22(13-16)32-3/h7-10,12-13,18-19H,5-6,11,14-15H2,1-4H3,(H,27,29). The van der Waals surface area contributed by atoms with E-state index in [0.29, 0.717) is 47.5 Å². The van der Waals surface area contributed by atoms with Gasteiger partial charge in [0.2, 0.25) is 11.7 Å². The molecule has 1 aliphatic rings. The number of carbonyl (C=O) groups excluding carboxylic acids is 2. The van der Waals surface area contributed by atoms with E-state index in [1.807, 2.05) is 12.1 Å². The van der Waals surface area contributed by atoms with Crippen LogP contribution in [0.5, 0.6) is 17.2 Å². The highest BCUT2D eigenvalue weighted by Gasteiger charge is 2.41. The highest BCUT2D eigenvalue weighted by atomic mass is 35.5. The van der Waals surface area contributed by atoms with Crippen LogP contribution in [0.25, 0.3) is 0 Å². The minimum Gasteiger partial charge on any atom is -0.493 e. The molecule has 33 heavy (non-hydrogen) atoms. The number of likely N-dealkylation sites (tertiary alicyclic amines) is 1. The number of rotatable bonds is 9. The van der Waals surface area contributed by atoms with Crippen molar-refractivity contribution in [2.75, 3.05) is 41.0 Å². The monoisotopic (exact) mass is 474 g/mol. The number of hydrogen-bond donors (Lipinski definition) is 1. The van der Waals surface area contributed by atoms with Crippen LogP contribution in [0.15, 0.2) is 36.4 Å². The van der Waals surface area contributed by atoms with E-state index in [1.165, 1.54) is 0 Å². The summed E-state index contributed by atoms with van der Waals surface area (Å²) < 4.78 is 16.5. The Kier molecular flexibility index (Phi) is 8.44. The van der Waals surface area contributed by atoms with Crippen LogP contribution in [0.2, 0.25) is 5.02 Å². The summed E-state index contributed by atoms with van der Waals surface area (Å²) >= 11 is 6.27. The summed E-state index contributed by atoms with van der Waals surface area (Å²) in [6, 6.07) is 10.7. The first-order valence-electron chi connectivity index (χ1n) is 11.1. The molecule has 0 radical (unpaired) electrons. The zero-order valence-corrected chi connectivity index (χ0v) is 20.3. The Bertz CT molecular complexity index is 972. The molecule has 1 saturated heterocycles. The van der Waals surface area contributed by atoms with Crippen molar-refractivity contribution in [2.45, 2.75) is 25.7 Å². The number of nitrogens with one attached hydrogen (secondary N) is 1. The first-order chi connectivity index (χ1) is 15.9. The summed E-state index contributed by atoms with van der Waals surface area (Å²) in [6.07, 6.45) is 1.88. The van der Waals surface area contributed by atoms with Gasteiger partial charge in [-0.15, -0.1) is 0 Å². The van der Waals surface area contributed by atoms with Crippen LogP contribution < -0.4 is 19.5 Å². The smallest absolute Gasteiger partial charge is 0.255 e. The molecule has 1 N–H and O–H groups in total. The van der Waals surface area contributed by atoms with Gasteiger partial charge >= 0.3 is 0 Å². The fraction of sp³-hybridized carbons (Fsp3) is 0.440. The van der Waals surface area contributed by atoms with Gasteiger partial charge in [-0.05, 0) is 36.2 Å². The van der Waals surface area contributed by atoms with Gasteiger partial charge in [0.25, 0.3) is 5.91 Å². The highest BCUT2D eigenvalue weighted by molar-refractivity contribution is 6.33. The largest absolute Gasteiger partial charge is 0.493 e. The molecule has 0 bridgehead atoms. The number of amides is 2. The van der Waals surface area contributed by atoms with Gasteiger partial charge in [-0.3, -0.25) is 9.59 Å². The average Bonchev–Trinajstić information content (AvgIpc) is 3.28. The highest BCUT2D eigenvalue weighted by Crippen LogP contribution is 2.43. The molecule has 2 amide bonds. The topological polar surface area (TPSA) is 77.1 Å². The summed E-state index contributed by atoms with van der Waals surface area (Å²) in [5.41, 5.74) is 1.27. The van der Waals surface area contributed by atoms with Crippen molar-refractivity contribution in [3.8, 4) is 17.2 Å². The quantitative estimate of drug-likeness (QED) is 0.553. The van der Waals surface area contributed by atoms with E-state index in [1.54, 1.807) is 50.5 Å². The Labute approximate surface area is 200 Å². The lowest BCUT2D eigenvalue weighted by atomic mass is 9.88. The fourth-order valence-corrected chi connectivity index (χ4v) is 4.43. The molecule has 2 aromatic carbocycles. The van der Waals surface area contributed by atoms with Crippen molar-refractivity contribution >= 4 is 23.4 Å². The molecule has 1 aliphatic heterocycles. The van der Waals surface area contributed by atoms with Gasteiger partial charge in [-0.2, -0.15) is 0 Å². The zero-order chi connectivity index (χ0) is 24.0. The van der Waals surface area contributed by atoms with Crippen molar-refractivity contribution < 1.29 is 23.8 Å². The third-order valence-corrected chi connectivity index (χ3v) is 6.32. The number of halogens is 1. The Balaban J connectivity index is 1.97. The Morgan fingerprint density at radius 3 is 2.30 bits per heavy atom. The average molecular weight is 475 g/mol. The maximum absolute atomic E-state index is 13.3. The first kappa shape index (κ1) is 24.7. The van der Waals surface area contributed by atoms with E-state index in [4.69, 9.17) is 25.8 Å². The molecule has 1 fully saturated rings. The molecule has 178 valence electrons. The van der Waals surface area contributed by atoms with Crippen LogP contribution in [0, 0.1) is 5.92 Å². The summed E-state index contributed by atoms with van der Waals surface area (Å²) in [5.74, 6) is 0.567.